The minimum atomic E-state index is -0.855. The van der Waals surface area contributed by atoms with Crippen LogP contribution >= 0.6 is 0 Å². The summed E-state index contributed by atoms with van der Waals surface area (Å²) in [7, 11) is 2.95. The van der Waals surface area contributed by atoms with E-state index in [-0.39, 0.29) is 16.9 Å². The maximum Gasteiger partial charge on any atom is 0.300 e. The molecule has 1 aliphatic rings. The van der Waals surface area contributed by atoms with Gasteiger partial charge in [-0.25, -0.2) is 0 Å². The SMILES string of the molecule is COc1ccc(OC)c(/C(O)=C2\C(=O)C(=O)N(c3ccccc3)C2c2cccnc2)c1. The van der Waals surface area contributed by atoms with E-state index in [2.05, 4.69) is 4.98 Å². The molecule has 7 heteroatoms. The molecular formula is C24H20N2O5. The predicted molar refractivity (Wildman–Crippen MR) is 115 cm³/mol. The van der Waals surface area contributed by atoms with Crippen LogP contribution in [0.4, 0.5) is 5.69 Å². The molecule has 1 N–H and O–H groups in total. The number of aliphatic hydroxyl groups is 1. The Balaban J connectivity index is 1.98. The average Bonchev–Trinajstić information content (AvgIpc) is 3.09. The summed E-state index contributed by atoms with van der Waals surface area (Å²) in [6.07, 6.45) is 3.17. The number of carbonyl (C=O) groups is 2. The second-order valence-corrected chi connectivity index (χ2v) is 6.86. The highest BCUT2D eigenvalue weighted by Gasteiger charge is 2.47. The van der Waals surface area contributed by atoms with Crippen molar-refractivity contribution in [3.63, 3.8) is 0 Å². The molecule has 0 aliphatic carbocycles. The summed E-state index contributed by atoms with van der Waals surface area (Å²) in [5, 5.41) is 11.3. The van der Waals surface area contributed by atoms with Crippen LogP contribution in [0.2, 0.25) is 0 Å². The highest BCUT2D eigenvalue weighted by molar-refractivity contribution is 6.51. The number of methoxy groups -OCH3 is 2. The Bertz CT molecular complexity index is 1160. The first-order valence-corrected chi connectivity index (χ1v) is 9.55. The lowest BCUT2D eigenvalue weighted by molar-refractivity contribution is -0.132. The molecule has 0 saturated carbocycles. The lowest BCUT2D eigenvalue weighted by Gasteiger charge is -2.25. The first-order valence-electron chi connectivity index (χ1n) is 9.55. The largest absolute Gasteiger partial charge is 0.507 e. The molecule has 1 aromatic heterocycles. The molecule has 3 aromatic rings. The van der Waals surface area contributed by atoms with Gasteiger partial charge in [0.25, 0.3) is 11.7 Å². The normalized spacial score (nSPS) is 17.6. The standard InChI is InChI=1S/C24H20N2O5/c1-30-17-10-11-19(31-2)18(13-17)22(27)20-21(15-7-6-12-25-14-15)26(24(29)23(20)28)16-8-4-3-5-9-16/h3-14,21,27H,1-2H3/b22-20+. The maximum atomic E-state index is 13.1. The van der Waals surface area contributed by atoms with Crippen molar-refractivity contribution in [2.24, 2.45) is 0 Å². The number of anilines is 1. The molecule has 2 heterocycles. The number of aromatic nitrogens is 1. The van der Waals surface area contributed by atoms with Crippen molar-refractivity contribution in [1.29, 1.82) is 0 Å². The summed E-state index contributed by atoms with van der Waals surface area (Å²) < 4.78 is 10.6. The lowest BCUT2D eigenvalue weighted by Crippen LogP contribution is -2.29. The molecule has 0 bridgehead atoms. The van der Waals surface area contributed by atoms with Gasteiger partial charge in [-0.2, -0.15) is 0 Å². The van der Waals surface area contributed by atoms with Crippen LogP contribution in [-0.4, -0.2) is 36.0 Å². The number of hydrogen-bond acceptors (Lipinski definition) is 6. The van der Waals surface area contributed by atoms with Crippen molar-refractivity contribution in [3.05, 3.63) is 89.8 Å². The molecule has 1 atom stereocenters. The topological polar surface area (TPSA) is 89.0 Å². The number of hydrogen-bond donors (Lipinski definition) is 1. The van der Waals surface area contributed by atoms with Crippen molar-refractivity contribution in [2.45, 2.75) is 6.04 Å². The van der Waals surface area contributed by atoms with Gasteiger partial charge in [0, 0.05) is 18.1 Å². The summed E-state index contributed by atoms with van der Waals surface area (Å²) in [5.41, 5.74) is 1.33. The van der Waals surface area contributed by atoms with Crippen molar-refractivity contribution in [2.75, 3.05) is 19.1 Å². The van der Waals surface area contributed by atoms with Gasteiger partial charge in [0.15, 0.2) is 0 Å². The van der Waals surface area contributed by atoms with Gasteiger partial charge in [-0.15, -0.1) is 0 Å². The van der Waals surface area contributed by atoms with Gasteiger partial charge < -0.3 is 14.6 Å². The summed E-state index contributed by atoms with van der Waals surface area (Å²) in [6, 6.07) is 16.3. The number of benzene rings is 2. The number of carbonyl (C=O) groups excluding carboxylic acids is 2. The van der Waals surface area contributed by atoms with Crippen LogP contribution in [0.25, 0.3) is 5.76 Å². The smallest absolute Gasteiger partial charge is 0.300 e. The monoisotopic (exact) mass is 416 g/mol. The Morgan fingerprint density at radius 2 is 1.77 bits per heavy atom. The second kappa shape index (κ2) is 8.31. The van der Waals surface area contributed by atoms with Gasteiger partial charge in [0.2, 0.25) is 0 Å². The van der Waals surface area contributed by atoms with E-state index >= 15 is 0 Å². The highest BCUT2D eigenvalue weighted by atomic mass is 16.5. The minimum absolute atomic E-state index is 0.0478. The van der Waals surface area contributed by atoms with Gasteiger partial charge in [0.1, 0.15) is 17.3 Å². The Morgan fingerprint density at radius 3 is 2.42 bits per heavy atom. The predicted octanol–water partition coefficient (Wildman–Crippen LogP) is 3.73. The van der Waals surface area contributed by atoms with Gasteiger partial charge >= 0.3 is 0 Å². The Labute approximate surface area is 179 Å². The first kappa shape index (κ1) is 20.2. The number of nitrogens with zero attached hydrogens (tertiary/aromatic N) is 2. The van der Waals surface area contributed by atoms with E-state index in [1.807, 2.05) is 6.07 Å². The molecule has 4 rings (SSSR count). The molecule has 1 unspecified atom stereocenters. The summed E-state index contributed by atoms with van der Waals surface area (Å²) in [5.74, 6) is -1.06. The quantitative estimate of drug-likeness (QED) is 0.387. The Morgan fingerprint density at radius 1 is 1.00 bits per heavy atom. The molecule has 0 radical (unpaired) electrons. The third-order valence-corrected chi connectivity index (χ3v) is 5.14. The molecular weight excluding hydrogens is 396 g/mol. The van der Waals surface area contributed by atoms with Crippen LogP contribution in [0.3, 0.4) is 0 Å². The van der Waals surface area contributed by atoms with Gasteiger partial charge in [-0.3, -0.25) is 19.5 Å². The van der Waals surface area contributed by atoms with E-state index in [1.54, 1.807) is 67.0 Å². The van der Waals surface area contributed by atoms with Gasteiger partial charge in [-0.1, -0.05) is 24.3 Å². The van der Waals surface area contributed by atoms with Crippen molar-refractivity contribution < 1.29 is 24.2 Å². The number of aliphatic hydroxyl groups excluding tert-OH is 1. The molecule has 1 amide bonds. The summed E-state index contributed by atoms with van der Waals surface area (Å²) in [6.45, 7) is 0. The third-order valence-electron chi connectivity index (χ3n) is 5.14. The summed E-state index contributed by atoms with van der Waals surface area (Å²) in [4.78, 5) is 31.7. The zero-order valence-electron chi connectivity index (χ0n) is 17.0. The van der Waals surface area contributed by atoms with Crippen molar-refractivity contribution in [3.8, 4) is 11.5 Å². The first-order chi connectivity index (χ1) is 15.1. The van der Waals surface area contributed by atoms with Gasteiger partial charge in [0.05, 0.1) is 31.4 Å². The Kier molecular flexibility index (Phi) is 5.41. The molecule has 1 aliphatic heterocycles. The van der Waals surface area contributed by atoms with E-state index in [0.29, 0.717) is 22.7 Å². The molecule has 7 nitrogen and oxygen atoms in total. The van der Waals surface area contributed by atoms with Crippen LogP contribution in [0.15, 0.2) is 78.6 Å². The minimum Gasteiger partial charge on any atom is -0.507 e. The molecule has 2 aromatic carbocycles. The lowest BCUT2D eigenvalue weighted by atomic mass is 9.95. The fourth-order valence-corrected chi connectivity index (χ4v) is 3.68. The number of pyridine rings is 1. The van der Waals surface area contributed by atoms with Crippen LogP contribution in [0.5, 0.6) is 11.5 Å². The van der Waals surface area contributed by atoms with Crippen LogP contribution < -0.4 is 14.4 Å². The van der Waals surface area contributed by atoms with Crippen LogP contribution in [0.1, 0.15) is 17.2 Å². The van der Waals surface area contributed by atoms with Crippen LogP contribution in [-0.2, 0) is 9.59 Å². The molecule has 31 heavy (non-hydrogen) atoms. The third kappa shape index (κ3) is 3.50. The van der Waals surface area contributed by atoms with Crippen LogP contribution in [0, 0.1) is 0 Å². The van der Waals surface area contributed by atoms with E-state index in [4.69, 9.17) is 9.47 Å². The second-order valence-electron chi connectivity index (χ2n) is 6.86. The molecule has 156 valence electrons. The number of Topliss-reactive ketones (excluding diaryl/α,β-unsaturated/α-hetero) is 1. The van der Waals surface area contributed by atoms with Gasteiger partial charge in [-0.05, 0) is 42.0 Å². The van der Waals surface area contributed by atoms with E-state index in [0.717, 1.165) is 0 Å². The fraction of sp³-hybridized carbons (Fsp3) is 0.125. The molecule has 1 saturated heterocycles. The zero-order chi connectivity index (χ0) is 22.0. The highest BCUT2D eigenvalue weighted by Crippen LogP contribution is 2.43. The fourth-order valence-electron chi connectivity index (χ4n) is 3.68. The van der Waals surface area contributed by atoms with E-state index in [1.165, 1.54) is 19.1 Å². The van der Waals surface area contributed by atoms with Crippen molar-refractivity contribution in [1.82, 2.24) is 4.98 Å². The van der Waals surface area contributed by atoms with Crippen molar-refractivity contribution >= 4 is 23.1 Å². The number of ether oxygens (including phenoxy) is 2. The molecule has 1 fully saturated rings. The van der Waals surface area contributed by atoms with E-state index < -0.39 is 17.7 Å². The molecule has 0 spiro atoms. The average molecular weight is 416 g/mol. The number of rotatable bonds is 5. The number of ketones is 1. The summed E-state index contributed by atoms with van der Waals surface area (Å²) >= 11 is 0. The number of para-hydroxylation sites is 1. The zero-order valence-corrected chi connectivity index (χ0v) is 17.0. The maximum absolute atomic E-state index is 13.1. The number of amides is 1. The van der Waals surface area contributed by atoms with E-state index in [9.17, 15) is 14.7 Å². The Hall–Kier alpha value is -4.13.